The fraction of sp³-hybridized carbons (Fsp3) is 0.944. The average Bonchev–Trinajstić information content (AvgIpc) is 3.03. The van der Waals surface area contributed by atoms with Gasteiger partial charge in [0.2, 0.25) is 5.91 Å². The first-order valence-electron chi connectivity index (χ1n) is 8.72. The highest BCUT2D eigenvalue weighted by molar-refractivity contribution is 5.76. The van der Waals surface area contributed by atoms with Crippen LogP contribution in [0.15, 0.2) is 0 Å². The number of hydrogen-bond acceptors (Lipinski definition) is 2. The maximum Gasteiger partial charge on any atom is 0.222 e. The third-order valence-corrected chi connectivity index (χ3v) is 5.43. The van der Waals surface area contributed by atoms with Crippen LogP contribution in [0, 0.1) is 23.2 Å². The molecule has 1 saturated carbocycles. The molecule has 0 N–H and O–H groups in total. The molecule has 3 heteroatoms. The van der Waals surface area contributed by atoms with Crippen molar-refractivity contribution in [3.63, 3.8) is 0 Å². The minimum Gasteiger partial charge on any atom is -0.342 e. The van der Waals surface area contributed by atoms with E-state index in [0.717, 1.165) is 25.6 Å². The second kappa shape index (κ2) is 6.68. The largest absolute Gasteiger partial charge is 0.342 e. The lowest BCUT2D eigenvalue weighted by Gasteiger charge is -2.28. The van der Waals surface area contributed by atoms with E-state index in [2.05, 4.69) is 44.5 Å². The molecule has 0 unspecified atom stereocenters. The number of hydrogen-bond donors (Lipinski definition) is 0. The van der Waals surface area contributed by atoms with Gasteiger partial charge in [0.25, 0.3) is 0 Å². The number of carbonyl (C=O) groups excluding carboxylic acids is 1. The molecule has 2 aliphatic rings. The van der Waals surface area contributed by atoms with Crippen molar-refractivity contribution in [1.29, 1.82) is 0 Å². The number of rotatable bonds is 6. The fourth-order valence-corrected chi connectivity index (χ4v) is 3.16. The molecule has 0 aromatic rings. The second-order valence-electron chi connectivity index (χ2n) is 8.63. The maximum atomic E-state index is 12.4. The Hall–Kier alpha value is -0.570. The first kappa shape index (κ1) is 16.8. The van der Waals surface area contributed by atoms with Crippen LogP contribution in [0.5, 0.6) is 0 Å². The smallest absolute Gasteiger partial charge is 0.222 e. The number of nitrogens with zero attached hydrogens (tertiary/aromatic N) is 2. The van der Waals surface area contributed by atoms with E-state index in [0.29, 0.717) is 24.2 Å². The monoisotopic (exact) mass is 294 g/mol. The van der Waals surface area contributed by atoms with Gasteiger partial charge in [-0.15, -0.1) is 0 Å². The van der Waals surface area contributed by atoms with Crippen molar-refractivity contribution in [2.75, 3.05) is 33.2 Å². The summed E-state index contributed by atoms with van der Waals surface area (Å²) >= 11 is 0. The van der Waals surface area contributed by atoms with Crippen LogP contribution < -0.4 is 0 Å². The summed E-state index contributed by atoms with van der Waals surface area (Å²) in [5, 5.41) is 0. The number of amides is 1. The predicted molar refractivity (Wildman–Crippen MR) is 88.1 cm³/mol. The molecule has 21 heavy (non-hydrogen) atoms. The maximum absolute atomic E-state index is 12.4. The van der Waals surface area contributed by atoms with Gasteiger partial charge in [0.15, 0.2) is 0 Å². The van der Waals surface area contributed by atoms with Crippen LogP contribution in [0.4, 0.5) is 0 Å². The van der Waals surface area contributed by atoms with Crippen molar-refractivity contribution in [3.05, 3.63) is 0 Å². The summed E-state index contributed by atoms with van der Waals surface area (Å²) in [6, 6.07) is 0. The molecule has 2 rings (SSSR count). The number of likely N-dealkylation sites (tertiary alicyclic amines) is 1. The Bertz CT molecular complexity index is 357. The Morgan fingerprint density at radius 3 is 2.38 bits per heavy atom. The van der Waals surface area contributed by atoms with E-state index in [1.54, 1.807) is 0 Å². The van der Waals surface area contributed by atoms with Crippen molar-refractivity contribution in [2.24, 2.45) is 23.2 Å². The van der Waals surface area contributed by atoms with Crippen molar-refractivity contribution in [2.45, 2.75) is 53.4 Å². The summed E-state index contributed by atoms with van der Waals surface area (Å²) in [6.45, 7) is 13.2. The van der Waals surface area contributed by atoms with Gasteiger partial charge in [-0.1, -0.05) is 27.7 Å². The predicted octanol–water partition coefficient (Wildman–Crippen LogP) is 3.25. The van der Waals surface area contributed by atoms with Crippen molar-refractivity contribution in [1.82, 2.24) is 9.80 Å². The lowest BCUT2D eigenvalue weighted by Crippen LogP contribution is -2.34. The molecule has 1 aliphatic carbocycles. The van der Waals surface area contributed by atoms with Gasteiger partial charge in [-0.05, 0) is 49.5 Å². The summed E-state index contributed by atoms with van der Waals surface area (Å²) in [6.07, 6.45) is 4.73. The van der Waals surface area contributed by atoms with E-state index in [-0.39, 0.29) is 5.41 Å². The van der Waals surface area contributed by atoms with Crippen LogP contribution in [0.2, 0.25) is 0 Å². The molecular weight excluding hydrogens is 260 g/mol. The molecule has 0 spiro atoms. The second-order valence-corrected chi connectivity index (χ2v) is 8.63. The Kier molecular flexibility index (Phi) is 5.34. The molecule has 3 nitrogen and oxygen atoms in total. The molecule has 2 atom stereocenters. The fourth-order valence-electron chi connectivity index (χ4n) is 3.16. The SMILES string of the molecule is C[C@@H](CC(=O)N1CC[C@H](CN(C)CC2CC2)C1)C(C)(C)C. The summed E-state index contributed by atoms with van der Waals surface area (Å²) in [5.41, 5.74) is 0.221. The van der Waals surface area contributed by atoms with Gasteiger partial charge in [0, 0.05) is 32.6 Å². The van der Waals surface area contributed by atoms with Gasteiger partial charge in [-0.2, -0.15) is 0 Å². The van der Waals surface area contributed by atoms with Gasteiger partial charge >= 0.3 is 0 Å². The molecule has 2 fully saturated rings. The summed E-state index contributed by atoms with van der Waals surface area (Å²) in [5.74, 6) is 2.45. The summed E-state index contributed by atoms with van der Waals surface area (Å²) in [7, 11) is 2.24. The molecule has 0 radical (unpaired) electrons. The van der Waals surface area contributed by atoms with Crippen LogP contribution >= 0.6 is 0 Å². The van der Waals surface area contributed by atoms with Gasteiger partial charge in [-0.3, -0.25) is 4.79 Å². The third kappa shape index (κ3) is 5.28. The first-order valence-corrected chi connectivity index (χ1v) is 8.72. The highest BCUT2D eigenvalue weighted by Gasteiger charge is 2.31. The van der Waals surface area contributed by atoms with E-state index < -0.39 is 0 Å². The van der Waals surface area contributed by atoms with Crippen molar-refractivity contribution < 1.29 is 4.79 Å². The van der Waals surface area contributed by atoms with E-state index in [4.69, 9.17) is 0 Å². The zero-order valence-corrected chi connectivity index (χ0v) is 14.7. The minimum atomic E-state index is 0.221. The van der Waals surface area contributed by atoms with Gasteiger partial charge in [0.1, 0.15) is 0 Å². The molecular formula is C18H34N2O. The Labute approximate surface area is 131 Å². The lowest BCUT2D eigenvalue weighted by molar-refractivity contribution is -0.132. The van der Waals surface area contributed by atoms with Crippen molar-refractivity contribution >= 4 is 5.91 Å². The summed E-state index contributed by atoms with van der Waals surface area (Å²) in [4.78, 5) is 17.0. The average molecular weight is 294 g/mol. The Morgan fingerprint density at radius 1 is 1.19 bits per heavy atom. The molecule has 1 saturated heterocycles. The third-order valence-electron chi connectivity index (χ3n) is 5.43. The highest BCUT2D eigenvalue weighted by Crippen LogP contribution is 2.31. The molecule has 1 heterocycles. The zero-order chi connectivity index (χ0) is 15.6. The molecule has 1 amide bonds. The van der Waals surface area contributed by atoms with E-state index in [1.807, 2.05) is 0 Å². The van der Waals surface area contributed by atoms with Crippen LogP contribution in [0.25, 0.3) is 0 Å². The molecule has 0 bridgehead atoms. The summed E-state index contributed by atoms with van der Waals surface area (Å²) < 4.78 is 0. The quantitative estimate of drug-likeness (QED) is 0.751. The van der Waals surface area contributed by atoms with E-state index in [9.17, 15) is 4.79 Å². The van der Waals surface area contributed by atoms with E-state index >= 15 is 0 Å². The highest BCUT2D eigenvalue weighted by atomic mass is 16.2. The van der Waals surface area contributed by atoms with Gasteiger partial charge in [-0.25, -0.2) is 0 Å². The minimum absolute atomic E-state index is 0.221. The van der Waals surface area contributed by atoms with Crippen LogP contribution in [0.3, 0.4) is 0 Å². The van der Waals surface area contributed by atoms with Gasteiger partial charge < -0.3 is 9.80 Å². The molecule has 0 aromatic carbocycles. The molecule has 122 valence electrons. The number of carbonyl (C=O) groups is 1. The van der Waals surface area contributed by atoms with Crippen molar-refractivity contribution in [3.8, 4) is 0 Å². The standard InChI is InChI=1S/C18H34N2O/c1-14(18(2,3)4)10-17(21)20-9-8-16(13-20)12-19(5)11-15-6-7-15/h14-16H,6-13H2,1-5H3/t14-,16+/m0/s1. The van der Waals surface area contributed by atoms with Crippen LogP contribution in [-0.4, -0.2) is 48.9 Å². The van der Waals surface area contributed by atoms with Crippen LogP contribution in [-0.2, 0) is 4.79 Å². The Morgan fingerprint density at radius 2 is 1.81 bits per heavy atom. The zero-order valence-electron chi connectivity index (χ0n) is 14.7. The lowest BCUT2D eigenvalue weighted by atomic mass is 9.80. The molecule has 0 aromatic heterocycles. The normalized spacial score (nSPS) is 24.7. The Balaban J connectivity index is 1.72. The first-order chi connectivity index (χ1) is 9.75. The topological polar surface area (TPSA) is 23.6 Å². The molecule has 1 aliphatic heterocycles. The van der Waals surface area contributed by atoms with Gasteiger partial charge in [0.05, 0.1) is 0 Å². The van der Waals surface area contributed by atoms with E-state index in [1.165, 1.54) is 25.8 Å². The van der Waals surface area contributed by atoms with Crippen LogP contribution in [0.1, 0.15) is 53.4 Å².